The zero-order chi connectivity index (χ0) is 16.0. The molecule has 2 aliphatic heterocycles. The lowest BCUT2D eigenvalue weighted by atomic mass is 10.2. The van der Waals surface area contributed by atoms with Crippen molar-refractivity contribution in [3.8, 4) is 5.69 Å². The predicted molar refractivity (Wildman–Crippen MR) is 82.5 cm³/mol. The number of nitrogens with two attached hydrogens (primary N) is 1. The highest BCUT2D eigenvalue weighted by Crippen LogP contribution is 2.32. The molecule has 2 aromatic heterocycles. The fourth-order valence-corrected chi connectivity index (χ4v) is 3.23. The van der Waals surface area contributed by atoms with Gasteiger partial charge in [0, 0.05) is 25.2 Å². The number of nitrogen functional groups attached to an aromatic ring is 1. The Morgan fingerprint density at radius 2 is 2.09 bits per heavy atom. The molecule has 4 rings (SSSR count). The van der Waals surface area contributed by atoms with Gasteiger partial charge in [0.25, 0.3) is 0 Å². The van der Waals surface area contributed by atoms with Gasteiger partial charge in [-0.25, -0.2) is 9.67 Å². The first-order chi connectivity index (χ1) is 11.1. The lowest BCUT2D eigenvalue weighted by Crippen LogP contribution is -2.43. The molecule has 0 spiro atoms. The normalized spacial score (nSPS) is 23.2. The Kier molecular flexibility index (Phi) is 3.15. The standard InChI is InChI=1S/C14H16N6O3/c15-13-3-4-17-19(13)11-5-14(16-6-12(11)20(21)22)18-7-9-1-2-10(8-18)23-9/h3-6,9-10H,1-2,7-8,15H2. The number of anilines is 2. The van der Waals surface area contributed by atoms with E-state index >= 15 is 0 Å². The van der Waals surface area contributed by atoms with Crippen molar-refractivity contribution >= 4 is 17.3 Å². The van der Waals surface area contributed by atoms with Crippen LogP contribution in [0.3, 0.4) is 0 Å². The average molecular weight is 316 g/mol. The summed E-state index contributed by atoms with van der Waals surface area (Å²) in [6.07, 6.45) is 5.30. The summed E-state index contributed by atoms with van der Waals surface area (Å²) in [5.74, 6) is 1.02. The van der Waals surface area contributed by atoms with Crippen molar-refractivity contribution in [3.63, 3.8) is 0 Å². The Bertz CT molecular complexity index is 749. The Labute approximate surface area is 131 Å². The van der Waals surface area contributed by atoms with Crippen LogP contribution in [0.15, 0.2) is 24.5 Å². The molecule has 2 fully saturated rings. The van der Waals surface area contributed by atoms with Gasteiger partial charge in [0.1, 0.15) is 23.5 Å². The number of rotatable bonds is 3. The number of hydrogen-bond acceptors (Lipinski definition) is 7. The highest BCUT2D eigenvalue weighted by Gasteiger charge is 2.34. The van der Waals surface area contributed by atoms with Crippen LogP contribution in [0, 0.1) is 10.1 Å². The zero-order valence-corrected chi connectivity index (χ0v) is 12.3. The third-order valence-electron chi connectivity index (χ3n) is 4.31. The Hall–Kier alpha value is -2.68. The van der Waals surface area contributed by atoms with E-state index in [-0.39, 0.29) is 17.9 Å². The van der Waals surface area contributed by atoms with Crippen molar-refractivity contribution in [1.29, 1.82) is 0 Å². The molecule has 0 saturated carbocycles. The molecule has 2 saturated heterocycles. The van der Waals surface area contributed by atoms with Crippen LogP contribution in [-0.4, -0.2) is 45.0 Å². The summed E-state index contributed by atoms with van der Waals surface area (Å²) >= 11 is 0. The number of pyridine rings is 1. The average Bonchev–Trinajstić information content (AvgIpc) is 3.11. The van der Waals surface area contributed by atoms with Crippen LogP contribution in [0.25, 0.3) is 5.69 Å². The molecular weight excluding hydrogens is 300 g/mol. The van der Waals surface area contributed by atoms with Gasteiger partial charge in [-0.05, 0) is 12.8 Å². The van der Waals surface area contributed by atoms with Crippen molar-refractivity contribution in [2.75, 3.05) is 23.7 Å². The Balaban J connectivity index is 1.75. The van der Waals surface area contributed by atoms with Gasteiger partial charge in [-0.3, -0.25) is 10.1 Å². The molecule has 0 aliphatic carbocycles. The maximum absolute atomic E-state index is 11.3. The minimum absolute atomic E-state index is 0.125. The van der Waals surface area contributed by atoms with Crippen molar-refractivity contribution in [3.05, 3.63) is 34.6 Å². The van der Waals surface area contributed by atoms with Gasteiger partial charge in [0.2, 0.25) is 0 Å². The number of morpholine rings is 1. The third kappa shape index (κ3) is 2.38. The zero-order valence-electron chi connectivity index (χ0n) is 12.3. The van der Waals surface area contributed by atoms with E-state index in [0.29, 0.717) is 17.3 Å². The highest BCUT2D eigenvalue weighted by molar-refractivity contribution is 5.60. The molecule has 0 aromatic carbocycles. The first kappa shape index (κ1) is 13.9. The van der Waals surface area contributed by atoms with E-state index in [9.17, 15) is 10.1 Å². The summed E-state index contributed by atoms with van der Waals surface area (Å²) in [7, 11) is 0. The van der Waals surface area contributed by atoms with Gasteiger partial charge in [0.15, 0.2) is 0 Å². The molecule has 2 unspecified atom stereocenters. The van der Waals surface area contributed by atoms with Crippen molar-refractivity contribution in [1.82, 2.24) is 14.8 Å². The van der Waals surface area contributed by atoms with Crippen LogP contribution in [0.5, 0.6) is 0 Å². The number of fused-ring (bicyclic) bond motifs is 2. The predicted octanol–water partition coefficient (Wildman–Crippen LogP) is 1.13. The number of hydrogen-bond donors (Lipinski definition) is 1. The molecule has 23 heavy (non-hydrogen) atoms. The topological polar surface area (TPSA) is 112 Å². The Morgan fingerprint density at radius 1 is 1.35 bits per heavy atom. The van der Waals surface area contributed by atoms with Crippen molar-refractivity contribution < 1.29 is 9.66 Å². The summed E-state index contributed by atoms with van der Waals surface area (Å²) in [5, 5.41) is 15.4. The molecule has 120 valence electrons. The van der Waals surface area contributed by atoms with E-state index < -0.39 is 4.92 Å². The molecule has 2 bridgehead atoms. The summed E-state index contributed by atoms with van der Waals surface area (Å²) in [6, 6.07) is 3.27. The van der Waals surface area contributed by atoms with E-state index in [0.717, 1.165) is 25.9 Å². The van der Waals surface area contributed by atoms with Crippen LogP contribution < -0.4 is 10.6 Å². The summed E-state index contributed by atoms with van der Waals surface area (Å²) in [4.78, 5) is 17.2. The summed E-state index contributed by atoms with van der Waals surface area (Å²) < 4.78 is 7.18. The number of aromatic nitrogens is 3. The van der Waals surface area contributed by atoms with Crippen LogP contribution in [-0.2, 0) is 4.74 Å². The number of ether oxygens (including phenoxy) is 1. The lowest BCUT2D eigenvalue weighted by Gasteiger charge is -2.33. The first-order valence-corrected chi connectivity index (χ1v) is 7.46. The van der Waals surface area contributed by atoms with Gasteiger partial charge in [0.05, 0.1) is 23.3 Å². The highest BCUT2D eigenvalue weighted by atomic mass is 16.6. The van der Waals surface area contributed by atoms with Gasteiger partial charge in [-0.1, -0.05) is 0 Å². The second-order valence-electron chi connectivity index (χ2n) is 5.82. The molecule has 2 aromatic rings. The smallest absolute Gasteiger partial charge is 0.313 e. The molecular formula is C14H16N6O3. The summed E-state index contributed by atoms with van der Waals surface area (Å²) in [5.41, 5.74) is 6.04. The van der Waals surface area contributed by atoms with Crippen LogP contribution in [0.2, 0.25) is 0 Å². The second-order valence-corrected chi connectivity index (χ2v) is 5.82. The van der Waals surface area contributed by atoms with Crippen LogP contribution in [0.1, 0.15) is 12.8 Å². The van der Waals surface area contributed by atoms with Gasteiger partial charge < -0.3 is 15.4 Å². The maximum Gasteiger partial charge on any atom is 0.313 e. The quantitative estimate of drug-likeness (QED) is 0.667. The molecule has 0 radical (unpaired) electrons. The van der Waals surface area contributed by atoms with E-state index in [2.05, 4.69) is 15.0 Å². The van der Waals surface area contributed by atoms with E-state index in [1.807, 2.05) is 0 Å². The largest absolute Gasteiger partial charge is 0.384 e. The monoisotopic (exact) mass is 316 g/mol. The molecule has 2 atom stereocenters. The minimum Gasteiger partial charge on any atom is -0.384 e. The number of nitro groups is 1. The lowest BCUT2D eigenvalue weighted by molar-refractivity contribution is -0.384. The minimum atomic E-state index is -0.476. The van der Waals surface area contributed by atoms with E-state index in [4.69, 9.17) is 10.5 Å². The van der Waals surface area contributed by atoms with Gasteiger partial charge >= 0.3 is 5.69 Å². The molecule has 4 heterocycles. The molecule has 9 heteroatoms. The van der Waals surface area contributed by atoms with E-state index in [1.54, 1.807) is 12.1 Å². The second kappa shape index (κ2) is 5.20. The first-order valence-electron chi connectivity index (χ1n) is 7.46. The van der Waals surface area contributed by atoms with Crippen molar-refractivity contribution in [2.45, 2.75) is 25.0 Å². The molecule has 2 N–H and O–H groups in total. The molecule has 0 amide bonds. The van der Waals surface area contributed by atoms with E-state index in [1.165, 1.54) is 17.1 Å². The van der Waals surface area contributed by atoms with Crippen molar-refractivity contribution in [2.24, 2.45) is 0 Å². The SMILES string of the molecule is Nc1ccnn1-c1cc(N2CC3CCC(C2)O3)ncc1[N+](=O)[O-]. The van der Waals surface area contributed by atoms with Crippen LogP contribution in [0.4, 0.5) is 17.3 Å². The van der Waals surface area contributed by atoms with Crippen LogP contribution >= 0.6 is 0 Å². The fraction of sp³-hybridized carbons (Fsp3) is 0.429. The summed E-state index contributed by atoms with van der Waals surface area (Å²) in [6.45, 7) is 1.49. The molecule has 9 nitrogen and oxygen atoms in total. The Morgan fingerprint density at radius 3 is 2.70 bits per heavy atom. The third-order valence-corrected chi connectivity index (χ3v) is 4.31. The van der Waals surface area contributed by atoms with Gasteiger partial charge in [-0.15, -0.1) is 0 Å². The van der Waals surface area contributed by atoms with Gasteiger partial charge in [-0.2, -0.15) is 5.10 Å². The number of nitrogens with zero attached hydrogens (tertiary/aromatic N) is 5. The molecule has 2 aliphatic rings. The fourth-order valence-electron chi connectivity index (χ4n) is 3.23. The maximum atomic E-state index is 11.3.